The SMILES string of the molecule is Cc1ccc(CSc2nnc(N3C(=O)C(=O)C(=C(O)c4c(C)nc5ccccn45)C3c3cccc(O)c3)s2)cc1. The van der Waals surface area contributed by atoms with Gasteiger partial charge >= 0.3 is 5.91 Å². The number of aryl methyl sites for hydroxylation is 2. The number of hydrogen-bond acceptors (Lipinski definition) is 9. The first-order chi connectivity index (χ1) is 19.3. The number of aliphatic hydroxyl groups is 1. The molecule has 0 saturated carbocycles. The van der Waals surface area contributed by atoms with E-state index in [4.69, 9.17) is 0 Å². The number of aromatic hydroxyl groups is 1. The molecule has 0 radical (unpaired) electrons. The van der Waals surface area contributed by atoms with Crippen molar-refractivity contribution in [3.8, 4) is 5.75 Å². The molecule has 0 spiro atoms. The molecule has 1 aliphatic rings. The highest BCUT2D eigenvalue weighted by atomic mass is 32.2. The molecule has 5 aromatic rings. The highest BCUT2D eigenvalue weighted by molar-refractivity contribution is 8.00. The van der Waals surface area contributed by atoms with Crippen LogP contribution in [-0.4, -0.2) is 41.5 Å². The third-order valence-electron chi connectivity index (χ3n) is 6.64. The number of Topliss-reactive ketones (excluding diaryl/α,β-unsaturated/α-hetero) is 1. The number of thioether (sulfide) groups is 1. The number of imidazole rings is 1. The number of carbonyl (C=O) groups is 2. The van der Waals surface area contributed by atoms with Crippen LogP contribution in [-0.2, 0) is 15.3 Å². The summed E-state index contributed by atoms with van der Waals surface area (Å²) in [7, 11) is 0. The quantitative estimate of drug-likeness (QED) is 0.0914. The molecule has 1 atom stereocenters. The first-order valence-electron chi connectivity index (χ1n) is 12.4. The van der Waals surface area contributed by atoms with E-state index in [9.17, 15) is 19.8 Å². The molecule has 2 aromatic carbocycles. The number of amides is 1. The van der Waals surface area contributed by atoms with E-state index in [0.29, 0.717) is 32.7 Å². The summed E-state index contributed by atoms with van der Waals surface area (Å²) in [5.41, 5.74) is 4.01. The molecule has 3 aromatic heterocycles. The van der Waals surface area contributed by atoms with Gasteiger partial charge in [0.2, 0.25) is 5.13 Å². The van der Waals surface area contributed by atoms with E-state index >= 15 is 0 Å². The van der Waals surface area contributed by atoms with E-state index in [1.165, 1.54) is 45.7 Å². The number of phenolic OH excluding ortho intramolecular Hbond substituents is 1. The number of carbonyl (C=O) groups excluding carboxylic acids is 2. The second-order valence-electron chi connectivity index (χ2n) is 9.36. The Bertz CT molecular complexity index is 1810. The summed E-state index contributed by atoms with van der Waals surface area (Å²) in [5, 5.41) is 30.6. The van der Waals surface area contributed by atoms with Crippen LogP contribution in [0, 0.1) is 13.8 Å². The van der Waals surface area contributed by atoms with Crippen molar-refractivity contribution in [3.63, 3.8) is 0 Å². The fourth-order valence-electron chi connectivity index (χ4n) is 4.75. The first kappa shape index (κ1) is 25.8. The molecule has 9 nitrogen and oxygen atoms in total. The Labute approximate surface area is 237 Å². The second-order valence-corrected chi connectivity index (χ2v) is 11.5. The molecule has 11 heteroatoms. The zero-order chi connectivity index (χ0) is 28.0. The summed E-state index contributed by atoms with van der Waals surface area (Å²) >= 11 is 2.67. The molecule has 6 rings (SSSR count). The van der Waals surface area contributed by atoms with Crippen molar-refractivity contribution < 1.29 is 19.8 Å². The smallest absolute Gasteiger partial charge is 0.301 e. The lowest BCUT2D eigenvalue weighted by molar-refractivity contribution is -0.132. The molecule has 1 aliphatic heterocycles. The summed E-state index contributed by atoms with van der Waals surface area (Å²) in [6, 6.07) is 18.8. The number of pyridine rings is 1. The topological polar surface area (TPSA) is 121 Å². The fourth-order valence-corrected chi connectivity index (χ4v) is 6.58. The van der Waals surface area contributed by atoms with Gasteiger partial charge in [0.1, 0.15) is 17.1 Å². The average molecular weight is 570 g/mol. The average Bonchev–Trinajstić information content (AvgIpc) is 3.62. The maximum Gasteiger partial charge on any atom is 0.301 e. The Morgan fingerprint density at radius 2 is 1.82 bits per heavy atom. The molecule has 0 bridgehead atoms. The Morgan fingerprint density at radius 3 is 2.60 bits per heavy atom. The van der Waals surface area contributed by atoms with Crippen LogP contribution in [0.1, 0.15) is 34.1 Å². The second kappa shape index (κ2) is 10.2. The minimum atomic E-state index is -1.04. The number of fused-ring (bicyclic) bond motifs is 1. The predicted octanol–water partition coefficient (Wildman–Crippen LogP) is 5.43. The van der Waals surface area contributed by atoms with Gasteiger partial charge in [-0.15, -0.1) is 10.2 Å². The van der Waals surface area contributed by atoms with Crippen molar-refractivity contribution in [2.75, 3.05) is 4.90 Å². The van der Waals surface area contributed by atoms with E-state index in [-0.39, 0.29) is 22.2 Å². The van der Waals surface area contributed by atoms with E-state index in [0.717, 1.165) is 5.56 Å². The van der Waals surface area contributed by atoms with Crippen molar-refractivity contribution in [1.29, 1.82) is 0 Å². The predicted molar refractivity (Wildman–Crippen MR) is 153 cm³/mol. The zero-order valence-corrected chi connectivity index (χ0v) is 23.1. The largest absolute Gasteiger partial charge is 0.508 e. The number of benzene rings is 2. The first-order valence-corrected chi connectivity index (χ1v) is 14.2. The van der Waals surface area contributed by atoms with Gasteiger partial charge < -0.3 is 10.2 Å². The standard InChI is InChI=1S/C29H23N5O4S2/c1-16-9-11-18(12-10-16)15-39-29-32-31-28(40-29)34-24(19-6-5-7-20(35)14-19)22(26(37)27(34)38)25(36)23-17(2)30-21-8-3-4-13-33(21)23/h3-14,24,35-36H,15H2,1-2H3. The van der Waals surface area contributed by atoms with E-state index in [1.54, 1.807) is 41.8 Å². The normalized spacial score (nSPS) is 16.8. The summed E-state index contributed by atoms with van der Waals surface area (Å²) in [6.45, 7) is 3.76. The summed E-state index contributed by atoms with van der Waals surface area (Å²) in [5.74, 6) is -1.44. The molecule has 1 fully saturated rings. The van der Waals surface area contributed by atoms with Crippen LogP contribution in [0.2, 0.25) is 0 Å². The maximum atomic E-state index is 13.5. The van der Waals surface area contributed by atoms with Gasteiger partial charge in [-0.3, -0.25) is 18.9 Å². The Balaban J connectivity index is 1.43. The van der Waals surface area contributed by atoms with Crippen LogP contribution in [0.3, 0.4) is 0 Å². The lowest BCUT2D eigenvalue weighted by atomic mass is 9.96. The number of anilines is 1. The molecular weight excluding hydrogens is 546 g/mol. The number of aromatic nitrogens is 4. The van der Waals surface area contributed by atoms with Crippen molar-refractivity contribution in [2.45, 2.75) is 30.0 Å². The number of nitrogens with zero attached hydrogens (tertiary/aromatic N) is 5. The van der Waals surface area contributed by atoms with Crippen LogP contribution in [0.25, 0.3) is 11.4 Å². The molecular formula is C29H23N5O4S2. The third-order valence-corrected chi connectivity index (χ3v) is 8.77. The van der Waals surface area contributed by atoms with Gasteiger partial charge in [-0.25, -0.2) is 4.98 Å². The monoisotopic (exact) mass is 569 g/mol. The third kappa shape index (κ3) is 4.52. The highest BCUT2D eigenvalue weighted by Crippen LogP contribution is 2.44. The van der Waals surface area contributed by atoms with Gasteiger partial charge in [-0.1, -0.05) is 71.1 Å². The van der Waals surface area contributed by atoms with E-state index in [1.807, 2.05) is 37.3 Å². The molecule has 0 aliphatic carbocycles. The fraction of sp³-hybridized carbons (Fsp3) is 0.138. The molecule has 1 saturated heterocycles. The van der Waals surface area contributed by atoms with Gasteiger partial charge in [0.15, 0.2) is 10.1 Å². The van der Waals surface area contributed by atoms with Crippen molar-refractivity contribution in [1.82, 2.24) is 19.6 Å². The Kier molecular flexibility index (Phi) is 6.60. The van der Waals surface area contributed by atoms with Gasteiger partial charge in [-0.05, 0) is 49.2 Å². The van der Waals surface area contributed by atoms with E-state index in [2.05, 4.69) is 15.2 Å². The van der Waals surface area contributed by atoms with Crippen molar-refractivity contribution in [3.05, 3.63) is 107 Å². The highest BCUT2D eigenvalue weighted by Gasteiger charge is 2.49. The summed E-state index contributed by atoms with van der Waals surface area (Å²) < 4.78 is 2.30. The minimum Gasteiger partial charge on any atom is -0.508 e. The van der Waals surface area contributed by atoms with Crippen LogP contribution >= 0.6 is 23.1 Å². The van der Waals surface area contributed by atoms with Crippen molar-refractivity contribution in [2.24, 2.45) is 0 Å². The van der Waals surface area contributed by atoms with Crippen molar-refractivity contribution >= 4 is 51.3 Å². The number of aliphatic hydroxyl groups excluding tert-OH is 1. The number of hydrogen-bond donors (Lipinski definition) is 2. The molecule has 1 amide bonds. The molecule has 200 valence electrons. The maximum absolute atomic E-state index is 13.5. The van der Waals surface area contributed by atoms with Crippen LogP contribution in [0.15, 0.2) is 82.8 Å². The summed E-state index contributed by atoms with van der Waals surface area (Å²) in [6.07, 6.45) is 1.73. The Morgan fingerprint density at radius 1 is 1.02 bits per heavy atom. The minimum absolute atomic E-state index is 0.0410. The van der Waals surface area contributed by atoms with Gasteiger partial charge in [0, 0.05) is 11.9 Å². The van der Waals surface area contributed by atoms with Gasteiger partial charge in [0.05, 0.1) is 17.3 Å². The van der Waals surface area contributed by atoms with Crippen LogP contribution in [0.4, 0.5) is 5.13 Å². The molecule has 1 unspecified atom stereocenters. The lowest BCUT2D eigenvalue weighted by Gasteiger charge is -2.22. The molecule has 2 N–H and O–H groups in total. The molecule has 4 heterocycles. The van der Waals surface area contributed by atoms with E-state index < -0.39 is 17.7 Å². The van der Waals surface area contributed by atoms with Crippen LogP contribution in [0.5, 0.6) is 5.75 Å². The summed E-state index contributed by atoms with van der Waals surface area (Å²) in [4.78, 5) is 32.8. The Hall–Kier alpha value is -4.48. The molecule has 40 heavy (non-hydrogen) atoms. The van der Waals surface area contributed by atoms with Gasteiger partial charge in [-0.2, -0.15) is 0 Å². The number of phenols is 1. The zero-order valence-electron chi connectivity index (χ0n) is 21.5. The van der Waals surface area contributed by atoms with Crippen LogP contribution < -0.4 is 4.90 Å². The number of ketones is 1. The van der Waals surface area contributed by atoms with Gasteiger partial charge in [0.25, 0.3) is 5.78 Å². The lowest BCUT2D eigenvalue weighted by Crippen LogP contribution is -2.29. The number of rotatable bonds is 6.